The van der Waals surface area contributed by atoms with Crippen molar-refractivity contribution in [1.29, 1.82) is 0 Å². The molecule has 10 N–H and O–H groups in total. The van der Waals surface area contributed by atoms with Gasteiger partial charge < -0.3 is 22.9 Å². The minimum Gasteiger partial charge on any atom is -0.329 e. The number of benzene rings is 2. The van der Waals surface area contributed by atoms with E-state index >= 15 is 0 Å². The summed E-state index contributed by atoms with van der Waals surface area (Å²) < 4.78 is 63.6. The molecule has 0 fully saturated rings. The van der Waals surface area contributed by atoms with Gasteiger partial charge >= 0.3 is 0 Å². The molecule has 0 heterocycles. The normalized spacial score (nSPS) is 10.9. The minimum atomic E-state index is -4.10. The van der Waals surface area contributed by atoms with Crippen LogP contribution < -0.4 is 22.9 Å². The first-order valence-electron chi connectivity index (χ1n) is 19.8. The van der Waals surface area contributed by atoms with Crippen molar-refractivity contribution in [3.63, 3.8) is 0 Å². The van der Waals surface area contributed by atoms with E-state index in [2.05, 4.69) is 13.8 Å². The van der Waals surface area contributed by atoms with Crippen LogP contribution in [0.25, 0.3) is 0 Å². The van der Waals surface area contributed by atoms with Gasteiger partial charge in [-0.15, -0.1) is 0 Å². The Kier molecular flexibility index (Phi) is 41.0. The van der Waals surface area contributed by atoms with Gasteiger partial charge in [0.15, 0.2) is 0 Å². The molecule has 0 aliphatic heterocycles. The van der Waals surface area contributed by atoms with Gasteiger partial charge in [0.25, 0.3) is 20.2 Å². The second kappa shape index (κ2) is 38.9. The third-order valence-electron chi connectivity index (χ3n) is 8.43. The third kappa shape index (κ3) is 34.8. The number of hydrogen-bond donors (Lipinski definition) is 6. The molecular formula is C40H76CuN4O6S2. The summed E-state index contributed by atoms with van der Waals surface area (Å²) >= 11 is 0. The van der Waals surface area contributed by atoms with E-state index in [9.17, 15) is 25.9 Å². The first kappa shape index (κ1) is 56.0. The van der Waals surface area contributed by atoms with Crippen LogP contribution in [0, 0.1) is 0 Å². The SMILES string of the molecule is CCCCCCCCCCCCc1ccccc1S(=O)(=O)O.CCCCCCCCCCCCc1ccccc1S(=O)(=O)O.NCCN.NCCN.[Cu]. The number of aryl methyl sites for hydroxylation is 2. The summed E-state index contributed by atoms with van der Waals surface area (Å²) in [5.41, 5.74) is 21.1. The standard InChI is InChI=1S/2C18H30O3S.2C2H8N2.Cu/c2*1-2-3-4-5-6-7-8-9-10-11-14-17-15-12-13-16-18(17)22(19,20)21;2*3-1-2-4;/h2*12-13,15-16H,2-11,14H2,1H3,(H,19,20,21);2*1-4H2;. The molecule has 0 saturated heterocycles. The van der Waals surface area contributed by atoms with Crippen molar-refractivity contribution in [2.45, 2.75) is 165 Å². The Hall–Kier alpha value is -1.38. The molecule has 2 aromatic carbocycles. The van der Waals surface area contributed by atoms with E-state index < -0.39 is 20.2 Å². The van der Waals surface area contributed by atoms with Gasteiger partial charge in [0.2, 0.25) is 0 Å². The molecule has 0 bridgehead atoms. The molecule has 0 aliphatic rings. The Balaban J connectivity index is -0.000000771. The average molecular weight is 837 g/mol. The predicted molar refractivity (Wildman–Crippen MR) is 220 cm³/mol. The van der Waals surface area contributed by atoms with Crippen molar-refractivity contribution < 1.29 is 43.0 Å². The van der Waals surface area contributed by atoms with Crippen LogP contribution in [0.2, 0.25) is 0 Å². The van der Waals surface area contributed by atoms with Crippen LogP contribution in [0.5, 0.6) is 0 Å². The average Bonchev–Trinajstić information content (AvgIpc) is 3.13. The van der Waals surface area contributed by atoms with Crippen molar-refractivity contribution >= 4 is 20.2 Å². The fraction of sp³-hybridized carbons (Fsp3) is 0.700. The van der Waals surface area contributed by atoms with E-state index in [0.29, 0.717) is 39.0 Å². The van der Waals surface area contributed by atoms with E-state index in [4.69, 9.17) is 22.9 Å². The number of nitrogens with two attached hydrogens (primary N) is 4. The molecule has 0 amide bonds. The Labute approximate surface area is 335 Å². The summed E-state index contributed by atoms with van der Waals surface area (Å²) in [6.07, 6.45) is 26.6. The quantitative estimate of drug-likeness (QED) is 0.0302. The van der Waals surface area contributed by atoms with Crippen LogP contribution in [-0.2, 0) is 50.1 Å². The second-order valence-electron chi connectivity index (χ2n) is 13.2. The maximum atomic E-state index is 11.3. The van der Waals surface area contributed by atoms with E-state index in [1.54, 1.807) is 24.3 Å². The summed E-state index contributed by atoms with van der Waals surface area (Å²) in [5, 5.41) is 0. The molecule has 53 heavy (non-hydrogen) atoms. The van der Waals surface area contributed by atoms with Crippen molar-refractivity contribution in [3.05, 3.63) is 59.7 Å². The van der Waals surface area contributed by atoms with Crippen LogP contribution in [0.4, 0.5) is 0 Å². The molecule has 0 atom stereocenters. The molecule has 10 nitrogen and oxygen atoms in total. The number of hydrogen-bond acceptors (Lipinski definition) is 8. The summed E-state index contributed by atoms with van der Waals surface area (Å²) in [6, 6.07) is 13.5. The fourth-order valence-electron chi connectivity index (χ4n) is 5.53. The third-order valence-corrected chi connectivity index (χ3v) is 10.3. The number of unbranched alkanes of at least 4 members (excludes halogenated alkanes) is 18. The van der Waals surface area contributed by atoms with E-state index in [1.807, 2.05) is 12.1 Å². The summed E-state index contributed by atoms with van der Waals surface area (Å²) in [4.78, 5) is 0.122. The zero-order chi connectivity index (χ0) is 39.4. The Morgan fingerprint density at radius 2 is 0.642 bits per heavy atom. The zero-order valence-electron chi connectivity index (χ0n) is 33.0. The fourth-order valence-corrected chi connectivity index (χ4v) is 7.03. The van der Waals surface area contributed by atoms with Crippen LogP contribution in [0.15, 0.2) is 58.3 Å². The molecule has 315 valence electrons. The summed E-state index contributed by atoms with van der Waals surface area (Å²) in [5.74, 6) is 0. The smallest absolute Gasteiger partial charge is 0.294 e. The molecule has 2 aromatic rings. The molecule has 1 radical (unpaired) electrons. The molecule has 0 saturated carbocycles. The maximum absolute atomic E-state index is 11.3. The molecule has 2 rings (SSSR count). The molecule has 0 aliphatic carbocycles. The first-order chi connectivity index (χ1) is 24.9. The Morgan fingerprint density at radius 3 is 0.868 bits per heavy atom. The molecule has 0 aromatic heterocycles. The van der Waals surface area contributed by atoms with E-state index in [0.717, 1.165) is 36.8 Å². The van der Waals surface area contributed by atoms with Gasteiger partial charge in [0.05, 0.1) is 9.79 Å². The summed E-state index contributed by atoms with van der Waals surface area (Å²) in [7, 11) is -8.19. The van der Waals surface area contributed by atoms with Crippen molar-refractivity contribution in [3.8, 4) is 0 Å². The van der Waals surface area contributed by atoms with Gasteiger partial charge in [-0.2, -0.15) is 16.8 Å². The van der Waals surface area contributed by atoms with Gasteiger partial charge in [-0.3, -0.25) is 9.11 Å². The minimum absolute atomic E-state index is 0. The topological polar surface area (TPSA) is 213 Å². The second-order valence-corrected chi connectivity index (χ2v) is 16.0. The van der Waals surface area contributed by atoms with Crippen LogP contribution >= 0.6 is 0 Å². The van der Waals surface area contributed by atoms with E-state index in [1.165, 1.54) is 115 Å². The molecular weight excluding hydrogens is 760 g/mol. The molecule has 0 spiro atoms. The predicted octanol–water partition coefficient (Wildman–Crippen LogP) is 8.60. The van der Waals surface area contributed by atoms with Crippen LogP contribution in [0.1, 0.15) is 153 Å². The maximum Gasteiger partial charge on any atom is 0.294 e. The number of rotatable bonds is 26. The zero-order valence-corrected chi connectivity index (χ0v) is 35.5. The Morgan fingerprint density at radius 1 is 0.415 bits per heavy atom. The van der Waals surface area contributed by atoms with E-state index in [-0.39, 0.29) is 26.9 Å². The van der Waals surface area contributed by atoms with Crippen molar-refractivity contribution in [2.75, 3.05) is 26.2 Å². The van der Waals surface area contributed by atoms with Gasteiger partial charge in [-0.25, -0.2) is 0 Å². The van der Waals surface area contributed by atoms with Gasteiger partial charge in [-0.05, 0) is 48.9 Å². The van der Waals surface area contributed by atoms with Crippen molar-refractivity contribution in [1.82, 2.24) is 0 Å². The largest absolute Gasteiger partial charge is 0.329 e. The monoisotopic (exact) mass is 835 g/mol. The van der Waals surface area contributed by atoms with Crippen LogP contribution in [-0.4, -0.2) is 52.1 Å². The van der Waals surface area contributed by atoms with Gasteiger partial charge in [0.1, 0.15) is 0 Å². The summed E-state index contributed by atoms with van der Waals surface area (Å²) in [6.45, 7) is 6.86. The van der Waals surface area contributed by atoms with Crippen molar-refractivity contribution in [2.24, 2.45) is 22.9 Å². The molecule has 13 heteroatoms. The van der Waals surface area contributed by atoms with Gasteiger partial charge in [0, 0.05) is 43.2 Å². The molecule has 0 unspecified atom stereocenters. The first-order valence-corrected chi connectivity index (χ1v) is 22.7. The van der Waals surface area contributed by atoms with Crippen LogP contribution in [0.3, 0.4) is 0 Å². The van der Waals surface area contributed by atoms with Gasteiger partial charge in [-0.1, -0.05) is 166 Å². The Bertz CT molecular complexity index is 1200.